The number of nitrogens with zero attached hydrogens (tertiary/aromatic N) is 1. The van der Waals surface area contributed by atoms with Crippen LogP contribution in [0.3, 0.4) is 0 Å². The van der Waals surface area contributed by atoms with Crippen molar-refractivity contribution < 1.29 is 9.90 Å². The highest BCUT2D eigenvalue weighted by Gasteiger charge is 2.40. The molecular formula is C11H21NO2S. The van der Waals surface area contributed by atoms with Crippen molar-refractivity contribution in [1.29, 1.82) is 0 Å². The molecule has 1 rings (SSSR count). The minimum Gasteiger partial charge on any atom is -0.480 e. The van der Waals surface area contributed by atoms with Crippen LogP contribution in [0.5, 0.6) is 0 Å². The molecule has 1 N–H and O–H groups in total. The van der Waals surface area contributed by atoms with Gasteiger partial charge in [0.25, 0.3) is 0 Å². The van der Waals surface area contributed by atoms with Gasteiger partial charge in [-0.05, 0) is 32.6 Å². The molecule has 1 saturated heterocycles. The van der Waals surface area contributed by atoms with Crippen molar-refractivity contribution in [3.63, 3.8) is 0 Å². The maximum atomic E-state index is 11.4. The second-order valence-electron chi connectivity index (χ2n) is 4.46. The van der Waals surface area contributed by atoms with Crippen LogP contribution < -0.4 is 0 Å². The highest BCUT2D eigenvalue weighted by Crippen LogP contribution is 2.29. The molecule has 4 heteroatoms. The Morgan fingerprint density at radius 3 is 2.73 bits per heavy atom. The first-order chi connectivity index (χ1) is 7.02. The molecule has 15 heavy (non-hydrogen) atoms. The van der Waals surface area contributed by atoms with E-state index in [4.69, 9.17) is 0 Å². The summed E-state index contributed by atoms with van der Waals surface area (Å²) in [5, 5.41) is 9.35. The lowest BCUT2D eigenvalue weighted by atomic mass is 9.92. The average molecular weight is 231 g/mol. The van der Waals surface area contributed by atoms with E-state index in [0.717, 1.165) is 30.8 Å². The van der Waals surface area contributed by atoms with Crippen molar-refractivity contribution in [2.75, 3.05) is 18.6 Å². The molecule has 2 unspecified atom stereocenters. The highest BCUT2D eigenvalue weighted by atomic mass is 32.2. The summed E-state index contributed by atoms with van der Waals surface area (Å²) in [5.74, 6) is 1.55. The van der Waals surface area contributed by atoms with Gasteiger partial charge < -0.3 is 5.11 Å². The Bertz CT molecular complexity index is 229. The summed E-state index contributed by atoms with van der Waals surface area (Å²) in [6.45, 7) is 3.89. The second kappa shape index (κ2) is 5.21. The van der Waals surface area contributed by atoms with E-state index in [1.54, 1.807) is 0 Å². The number of rotatable bonds is 5. The van der Waals surface area contributed by atoms with E-state index in [2.05, 4.69) is 4.90 Å². The number of likely N-dealkylation sites (N-methyl/N-ethyl adjacent to an activating group) is 1. The predicted molar refractivity (Wildman–Crippen MR) is 64.4 cm³/mol. The molecule has 1 heterocycles. The van der Waals surface area contributed by atoms with Crippen molar-refractivity contribution in [2.45, 2.75) is 44.7 Å². The maximum absolute atomic E-state index is 11.4. The van der Waals surface area contributed by atoms with E-state index in [1.165, 1.54) is 0 Å². The van der Waals surface area contributed by atoms with E-state index < -0.39 is 11.5 Å². The fraction of sp³-hybridized carbons (Fsp3) is 0.909. The predicted octanol–water partition coefficient (Wildman–Crippen LogP) is 2.07. The van der Waals surface area contributed by atoms with Crippen LogP contribution in [0.25, 0.3) is 0 Å². The molecule has 3 nitrogen and oxygen atoms in total. The first-order valence-electron chi connectivity index (χ1n) is 5.56. The zero-order chi connectivity index (χ0) is 11.5. The van der Waals surface area contributed by atoms with E-state index in [0.29, 0.717) is 6.04 Å². The Morgan fingerprint density at radius 2 is 2.33 bits per heavy atom. The van der Waals surface area contributed by atoms with E-state index >= 15 is 0 Å². The number of carbonyl (C=O) groups is 1. The zero-order valence-electron chi connectivity index (χ0n) is 9.82. The van der Waals surface area contributed by atoms with Crippen molar-refractivity contribution in [2.24, 2.45) is 0 Å². The summed E-state index contributed by atoms with van der Waals surface area (Å²) in [6, 6.07) is 0.433. The molecule has 0 aromatic heterocycles. The average Bonchev–Trinajstić information content (AvgIpc) is 2.69. The van der Waals surface area contributed by atoms with Gasteiger partial charge in [0.1, 0.15) is 5.54 Å². The topological polar surface area (TPSA) is 40.5 Å². The first-order valence-corrected chi connectivity index (χ1v) is 6.72. The monoisotopic (exact) mass is 231 g/mol. The number of carboxylic acids is 1. The Morgan fingerprint density at radius 1 is 1.67 bits per heavy atom. The molecule has 0 bridgehead atoms. The third kappa shape index (κ3) is 2.67. The van der Waals surface area contributed by atoms with Crippen molar-refractivity contribution >= 4 is 17.7 Å². The summed E-state index contributed by atoms with van der Waals surface area (Å²) >= 11 is 1.92. The van der Waals surface area contributed by atoms with Crippen LogP contribution in [-0.4, -0.2) is 46.1 Å². The lowest BCUT2D eigenvalue weighted by Gasteiger charge is -2.38. The first kappa shape index (κ1) is 12.8. The van der Waals surface area contributed by atoms with Gasteiger partial charge in [0.15, 0.2) is 0 Å². The normalized spacial score (nSPS) is 25.5. The van der Waals surface area contributed by atoms with Crippen molar-refractivity contribution in [3.05, 3.63) is 0 Å². The highest BCUT2D eigenvalue weighted by molar-refractivity contribution is 7.99. The van der Waals surface area contributed by atoms with Crippen LogP contribution in [0.15, 0.2) is 0 Å². The molecule has 88 valence electrons. The van der Waals surface area contributed by atoms with Gasteiger partial charge in [-0.1, -0.05) is 13.3 Å². The van der Waals surface area contributed by atoms with Gasteiger partial charge in [-0.25, -0.2) is 0 Å². The minimum atomic E-state index is -0.691. The Labute approximate surface area is 96.2 Å². The summed E-state index contributed by atoms with van der Waals surface area (Å²) in [4.78, 5) is 13.4. The third-order valence-electron chi connectivity index (χ3n) is 3.43. The molecule has 1 aliphatic rings. The van der Waals surface area contributed by atoms with Crippen molar-refractivity contribution in [1.82, 2.24) is 4.90 Å². The Kier molecular flexibility index (Phi) is 4.46. The quantitative estimate of drug-likeness (QED) is 0.786. The standard InChI is InChI=1S/C11H21NO2S/c1-4-6-11(2,10(13)14)12(3)9-5-7-15-8-9/h9H,4-8H2,1-3H3,(H,13,14). The number of aliphatic carboxylic acids is 1. The molecule has 0 aliphatic carbocycles. The number of hydrogen-bond donors (Lipinski definition) is 1. The molecule has 0 saturated carbocycles. The van der Waals surface area contributed by atoms with Crippen LogP contribution in [-0.2, 0) is 4.79 Å². The van der Waals surface area contributed by atoms with Crippen LogP contribution >= 0.6 is 11.8 Å². The zero-order valence-corrected chi connectivity index (χ0v) is 10.6. The fourth-order valence-corrected chi connectivity index (χ4v) is 3.42. The van der Waals surface area contributed by atoms with Crippen LogP contribution in [0.4, 0.5) is 0 Å². The Balaban J connectivity index is 2.73. The SMILES string of the molecule is CCCC(C)(C(=O)O)N(C)C1CCSC1. The molecular weight excluding hydrogens is 210 g/mol. The van der Waals surface area contributed by atoms with E-state index in [-0.39, 0.29) is 0 Å². The van der Waals surface area contributed by atoms with Gasteiger partial charge in [0, 0.05) is 11.8 Å². The third-order valence-corrected chi connectivity index (χ3v) is 4.57. The van der Waals surface area contributed by atoms with Crippen LogP contribution in [0.1, 0.15) is 33.1 Å². The summed E-state index contributed by atoms with van der Waals surface area (Å²) in [7, 11) is 1.96. The molecule has 1 aliphatic heterocycles. The molecule has 0 aromatic rings. The van der Waals surface area contributed by atoms with Gasteiger partial charge in [-0.3, -0.25) is 9.69 Å². The molecule has 0 amide bonds. The van der Waals surface area contributed by atoms with Crippen LogP contribution in [0, 0.1) is 0 Å². The lowest BCUT2D eigenvalue weighted by molar-refractivity contribution is -0.151. The minimum absolute atomic E-state index is 0.433. The maximum Gasteiger partial charge on any atom is 0.323 e. The van der Waals surface area contributed by atoms with Crippen molar-refractivity contribution in [3.8, 4) is 0 Å². The largest absolute Gasteiger partial charge is 0.480 e. The number of thioether (sulfide) groups is 1. The van der Waals surface area contributed by atoms with Gasteiger partial charge >= 0.3 is 5.97 Å². The summed E-state index contributed by atoms with van der Waals surface area (Å²) in [5.41, 5.74) is -0.690. The summed E-state index contributed by atoms with van der Waals surface area (Å²) in [6.07, 6.45) is 2.75. The lowest BCUT2D eigenvalue weighted by Crippen LogP contribution is -2.54. The van der Waals surface area contributed by atoms with Gasteiger partial charge in [-0.2, -0.15) is 11.8 Å². The molecule has 2 atom stereocenters. The van der Waals surface area contributed by atoms with Crippen LogP contribution in [0.2, 0.25) is 0 Å². The van der Waals surface area contributed by atoms with Gasteiger partial charge in [-0.15, -0.1) is 0 Å². The van der Waals surface area contributed by atoms with E-state index in [1.807, 2.05) is 32.7 Å². The smallest absolute Gasteiger partial charge is 0.323 e. The molecule has 1 fully saturated rings. The molecule has 0 aromatic carbocycles. The number of carboxylic acid groups (broad SMARTS) is 1. The second-order valence-corrected chi connectivity index (χ2v) is 5.61. The summed E-state index contributed by atoms with van der Waals surface area (Å²) < 4.78 is 0. The Hall–Kier alpha value is -0.220. The molecule has 0 radical (unpaired) electrons. The fourth-order valence-electron chi connectivity index (χ4n) is 2.15. The number of hydrogen-bond acceptors (Lipinski definition) is 3. The van der Waals surface area contributed by atoms with Gasteiger partial charge in [0.05, 0.1) is 0 Å². The van der Waals surface area contributed by atoms with Gasteiger partial charge in [0.2, 0.25) is 0 Å². The molecule has 0 spiro atoms. The van der Waals surface area contributed by atoms with E-state index in [9.17, 15) is 9.90 Å².